The summed E-state index contributed by atoms with van der Waals surface area (Å²) < 4.78 is 5.12. The predicted octanol–water partition coefficient (Wildman–Crippen LogP) is 3.92. The van der Waals surface area contributed by atoms with Crippen LogP contribution < -0.4 is 20.3 Å². The maximum absolute atomic E-state index is 12.5. The number of amides is 2. The van der Waals surface area contributed by atoms with Crippen molar-refractivity contribution in [1.29, 1.82) is 0 Å². The lowest BCUT2D eigenvalue weighted by Crippen LogP contribution is -2.51. The molecule has 1 aliphatic rings. The van der Waals surface area contributed by atoms with Crippen LogP contribution in [0, 0.1) is 5.41 Å². The Morgan fingerprint density at radius 1 is 0.971 bits per heavy atom. The Morgan fingerprint density at radius 3 is 2.15 bits per heavy atom. The fourth-order valence-corrected chi connectivity index (χ4v) is 3.82. The van der Waals surface area contributed by atoms with Gasteiger partial charge in [0.05, 0.1) is 7.11 Å². The van der Waals surface area contributed by atoms with Gasteiger partial charge in [0.25, 0.3) is 0 Å². The summed E-state index contributed by atoms with van der Waals surface area (Å²) in [6, 6.07) is 15.3. The zero-order chi connectivity index (χ0) is 24.7. The summed E-state index contributed by atoms with van der Waals surface area (Å²) in [7, 11) is 1.61. The van der Waals surface area contributed by atoms with E-state index in [1.165, 1.54) is 6.08 Å². The maximum atomic E-state index is 12.5. The summed E-state index contributed by atoms with van der Waals surface area (Å²) in [4.78, 5) is 28.8. The standard InChI is InChI=1S/C26H32N4O3S/c1-26(2,3)24(32)30-17-15-29(16-18-30)21-10-8-20(9-11-21)27-25(34)28-23(31)14-7-19-5-12-22(33-4)13-6-19/h5-14H,15-18H2,1-4H3,(H2,27,28,31,34)/b14-7+. The first kappa shape index (κ1) is 25.2. The molecular weight excluding hydrogens is 448 g/mol. The molecule has 8 heteroatoms. The summed E-state index contributed by atoms with van der Waals surface area (Å²) >= 11 is 5.26. The SMILES string of the molecule is COc1ccc(/C=C/C(=O)NC(=S)Nc2ccc(N3CCN(C(=O)C(C)(C)C)CC3)cc2)cc1. The van der Waals surface area contributed by atoms with Gasteiger partial charge in [-0.1, -0.05) is 32.9 Å². The van der Waals surface area contributed by atoms with Crippen LogP contribution in [0.25, 0.3) is 6.08 Å². The van der Waals surface area contributed by atoms with Crippen molar-refractivity contribution >= 4 is 46.6 Å². The lowest BCUT2D eigenvalue weighted by molar-refractivity contribution is -0.139. The van der Waals surface area contributed by atoms with Crippen LogP contribution in [0.2, 0.25) is 0 Å². The van der Waals surface area contributed by atoms with Crippen molar-refractivity contribution in [3.63, 3.8) is 0 Å². The van der Waals surface area contributed by atoms with E-state index in [4.69, 9.17) is 17.0 Å². The first-order chi connectivity index (χ1) is 16.2. The van der Waals surface area contributed by atoms with Crippen LogP contribution in [-0.4, -0.2) is 55.1 Å². The van der Waals surface area contributed by atoms with Gasteiger partial charge in [0.15, 0.2) is 5.11 Å². The molecule has 1 aliphatic heterocycles. The molecule has 1 heterocycles. The minimum absolute atomic E-state index is 0.195. The van der Waals surface area contributed by atoms with Crippen molar-refractivity contribution in [2.24, 2.45) is 5.41 Å². The number of hydrogen-bond acceptors (Lipinski definition) is 5. The van der Waals surface area contributed by atoms with Gasteiger partial charge in [0, 0.05) is 49.0 Å². The largest absolute Gasteiger partial charge is 0.497 e. The monoisotopic (exact) mass is 480 g/mol. The molecule has 3 rings (SSSR count). The van der Waals surface area contributed by atoms with Crippen LogP contribution in [-0.2, 0) is 9.59 Å². The van der Waals surface area contributed by atoms with E-state index in [9.17, 15) is 9.59 Å². The molecule has 2 aromatic carbocycles. The highest BCUT2D eigenvalue weighted by Crippen LogP contribution is 2.22. The molecule has 1 fully saturated rings. The van der Waals surface area contributed by atoms with Gasteiger partial charge in [0.2, 0.25) is 11.8 Å². The highest BCUT2D eigenvalue weighted by molar-refractivity contribution is 7.80. The average Bonchev–Trinajstić information content (AvgIpc) is 2.82. The van der Waals surface area contributed by atoms with Crippen LogP contribution in [0.4, 0.5) is 11.4 Å². The molecule has 7 nitrogen and oxygen atoms in total. The number of thiocarbonyl (C=S) groups is 1. The number of rotatable bonds is 5. The summed E-state index contributed by atoms with van der Waals surface area (Å²) in [5.41, 5.74) is 2.41. The Kier molecular flexibility index (Phi) is 8.28. The summed E-state index contributed by atoms with van der Waals surface area (Å²) in [5.74, 6) is 0.643. The van der Waals surface area contributed by atoms with Crippen molar-refractivity contribution in [2.45, 2.75) is 20.8 Å². The zero-order valence-electron chi connectivity index (χ0n) is 20.1. The molecule has 2 N–H and O–H groups in total. The predicted molar refractivity (Wildman–Crippen MR) is 141 cm³/mol. The van der Waals surface area contributed by atoms with Crippen LogP contribution >= 0.6 is 12.2 Å². The molecular formula is C26H32N4O3S. The van der Waals surface area contributed by atoms with Gasteiger partial charge in [0.1, 0.15) is 5.75 Å². The molecule has 0 radical (unpaired) electrons. The number of nitrogens with one attached hydrogen (secondary N) is 2. The van der Waals surface area contributed by atoms with Gasteiger partial charge in [-0.2, -0.15) is 0 Å². The zero-order valence-corrected chi connectivity index (χ0v) is 20.9. The summed E-state index contributed by atoms with van der Waals surface area (Å²) in [6.45, 7) is 8.90. The molecule has 0 aromatic heterocycles. The van der Waals surface area contributed by atoms with Gasteiger partial charge in [-0.3, -0.25) is 14.9 Å². The van der Waals surface area contributed by atoms with Crippen molar-refractivity contribution in [3.05, 3.63) is 60.2 Å². The number of piperazine rings is 1. The minimum atomic E-state index is -0.352. The lowest BCUT2D eigenvalue weighted by atomic mass is 9.94. The number of carbonyl (C=O) groups excluding carboxylic acids is 2. The third-order valence-electron chi connectivity index (χ3n) is 5.48. The van der Waals surface area contributed by atoms with Gasteiger partial charge < -0.3 is 19.9 Å². The molecule has 0 bridgehead atoms. The van der Waals surface area contributed by atoms with E-state index in [2.05, 4.69) is 15.5 Å². The fourth-order valence-electron chi connectivity index (χ4n) is 3.60. The number of anilines is 2. The number of nitrogens with zero attached hydrogens (tertiary/aromatic N) is 2. The summed E-state index contributed by atoms with van der Waals surface area (Å²) in [5, 5.41) is 5.91. The molecule has 0 atom stereocenters. The van der Waals surface area contributed by atoms with E-state index < -0.39 is 0 Å². The van der Waals surface area contributed by atoms with E-state index in [-0.39, 0.29) is 22.3 Å². The maximum Gasteiger partial charge on any atom is 0.250 e. The Morgan fingerprint density at radius 2 is 1.59 bits per heavy atom. The van der Waals surface area contributed by atoms with E-state index >= 15 is 0 Å². The Bertz CT molecular complexity index is 1040. The van der Waals surface area contributed by atoms with Crippen molar-refractivity contribution < 1.29 is 14.3 Å². The van der Waals surface area contributed by atoms with Crippen LogP contribution in [0.1, 0.15) is 26.3 Å². The van der Waals surface area contributed by atoms with Crippen molar-refractivity contribution in [2.75, 3.05) is 43.5 Å². The topological polar surface area (TPSA) is 73.9 Å². The normalized spacial score (nSPS) is 14.1. The number of benzene rings is 2. The van der Waals surface area contributed by atoms with E-state index in [0.29, 0.717) is 0 Å². The molecule has 0 spiro atoms. The minimum Gasteiger partial charge on any atom is -0.497 e. The Hall–Kier alpha value is -3.39. The molecule has 1 saturated heterocycles. The van der Waals surface area contributed by atoms with E-state index in [1.54, 1.807) is 13.2 Å². The highest BCUT2D eigenvalue weighted by Gasteiger charge is 2.29. The quantitative estimate of drug-likeness (QED) is 0.499. The Balaban J connectivity index is 1.46. The number of methoxy groups -OCH3 is 1. The van der Waals surface area contributed by atoms with Crippen LogP contribution in [0.5, 0.6) is 5.75 Å². The third-order valence-corrected chi connectivity index (χ3v) is 5.68. The molecule has 2 aromatic rings. The molecule has 0 unspecified atom stereocenters. The first-order valence-corrected chi connectivity index (χ1v) is 11.6. The van der Waals surface area contributed by atoms with Gasteiger partial charge in [-0.25, -0.2) is 0 Å². The molecule has 0 aliphatic carbocycles. The van der Waals surface area contributed by atoms with E-state index in [0.717, 1.165) is 48.9 Å². The summed E-state index contributed by atoms with van der Waals surface area (Å²) in [6.07, 6.45) is 3.14. The molecule has 180 valence electrons. The van der Waals surface area contributed by atoms with Crippen molar-refractivity contribution in [3.8, 4) is 5.75 Å². The van der Waals surface area contributed by atoms with Crippen molar-refractivity contribution in [1.82, 2.24) is 10.2 Å². The third kappa shape index (κ3) is 7.05. The van der Waals surface area contributed by atoms with Gasteiger partial charge in [-0.05, 0) is 60.3 Å². The lowest BCUT2D eigenvalue weighted by Gasteiger charge is -2.38. The van der Waals surface area contributed by atoms with Gasteiger partial charge in [-0.15, -0.1) is 0 Å². The highest BCUT2D eigenvalue weighted by atomic mass is 32.1. The van der Waals surface area contributed by atoms with E-state index in [1.807, 2.05) is 74.2 Å². The molecule has 2 amide bonds. The second-order valence-electron chi connectivity index (χ2n) is 9.13. The first-order valence-electron chi connectivity index (χ1n) is 11.2. The number of hydrogen-bond donors (Lipinski definition) is 2. The van der Waals surface area contributed by atoms with Crippen LogP contribution in [0.3, 0.4) is 0 Å². The number of ether oxygens (including phenoxy) is 1. The second-order valence-corrected chi connectivity index (χ2v) is 9.53. The number of carbonyl (C=O) groups is 2. The molecule has 34 heavy (non-hydrogen) atoms. The Labute approximate surface area is 206 Å². The fraction of sp³-hybridized carbons (Fsp3) is 0.346. The second kappa shape index (κ2) is 11.2. The van der Waals surface area contributed by atoms with Gasteiger partial charge >= 0.3 is 0 Å². The smallest absolute Gasteiger partial charge is 0.250 e. The van der Waals surface area contributed by atoms with Crippen LogP contribution in [0.15, 0.2) is 54.6 Å². The molecule has 0 saturated carbocycles. The average molecular weight is 481 g/mol.